The van der Waals surface area contributed by atoms with Gasteiger partial charge in [0.1, 0.15) is 11.9 Å². The number of hydrogen-bond donors (Lipinski definition) is 0. The van der Waals surface area contributed by atoms with E-state index in [-0.39, 0.29) is 23.5 Å². The second kappa shape index (κ2) is 8.51. The molecule has 7 heteroatoms. The number of rotatable bonds is 3. The highest BCUT2D eigenvalue weighted by Gasteiger charge is 2.35. The Balaban J connectivity index is 1.67. The van der Waals surface area contributed by atoms with Crippen LogP contribution in [0.4, 0.5) is 5.82 Å². The van der Waals surface area contributed by atoms with E-state index in [9.17, 15) is 10.1 Å². The molecule has 1 atom stereocenters. The van der Waals surface area contributed by atoms with Gasteiger partial charge < -0.3 is 14.5 Å². The summed E-state index contributed by atoms with van der Waals surface area (Å²) in [6.07, 6.45) is 3.97. The summed E-state index contributed by atoms with van der Waals surface area (Å²) in [6, 6.07) is 6.02. The van der Waals surface area contributed by atoms with Gasteiger partial charge in [0.2, 0.25) is 0 Å². The highest BCUT2D eigenvalue weighted by Crippen LogP contribution is 2.38. The van der Waals surface area contributed by atoms with Crippen molar-refractivity contribution in [1.82, 2.24) is 14.9 Å². The number of nitriles is 1. The maximum Gasteiger partial charge on any atom is 0.255 e. The first-order valence-electron chi connectivity index (χ1n) is 11.3. The molecule has 0 radical (unpaired) electrons. The number of amides is 1. The van der Waals surface area contributed by atoms with E-state index in [1.165, 1.54) is 0 Å². The first-order chi connectivity index (χ1) is 15.2. The van der Waals surface area contributed by atoms with Crippen LogP contribution in [0.25, 0.3) is 0 Å². The quantitative estimate of drug-likeness (QED) is 0.734. The molecule has 1 fully saturated rings. The van der Waals surface area contributed by atoms with Crippen LogP contribution in [0.2, 0.25) is 0 Å². The Hall–Kier alpha value is -2.98. The Morgan fingerprint density at radius 1 is 1.31 bits per heavy atom. The van der Waals surface area contributed by atoms with Crippen LogP contribution >= 0.6 is 0 Å². The molecule has 0 aromatic carbocycles. The monoisotopic (exact) mass is 433 g/mol. The molecule has 0 N–H and O–H groups in total. The van der Waals surface area contributed by atoms with Gasteiger partial charge in [0, 0.05) is 50.1 Å². The summed E-state index contributed by atoms with van der Waals surface area (Å²) >= 11 is 0. The van der Waals surface area contributed by atoms with Gasteiger partial charge in [-0.15, -0.1) is 0 Å². The molecule has 7 nitrogen and oxygen atoms in total. The number of pyridine rings is 2. The largest absolute Gasteiger partial charge is 0.370 e. The lowest BCUT2D eigenvalue weighted by Gasteiger charge is -2.42. The van der Waals surface area contributed by atoms with E-state index in [0.717, 1.165) is 22.6 Å². The van der Waals surface area contributed by atoms with Crippen molar-refractivity contribution < 1.29 is 9.53 Å². The lowest BCUT2D eigenvalue weighted by molar-refractivity contribution is -0.0408. The second-order valence-electron chi connectivity index (χ2n) is 9.68. The number of hydrogen-bond acceptors (Lipinski definition) is 6. The van der Waals surface area contributed by atoms with Crippen molar-refractivity contribution in [1.29, 1.82) is 5.26 Å². The third-order valence-electron chi connectivity index (χ3n) is 6.39. The number of anilines is 1. The zero-order valence-electron chi connectivity index (χ0n) is 19.6. The molecule has 32 heavy (non-hydrogen) atoms. The summed E-state index contributed by atoms with van der Waals surface area (Å²) in [5.74, 6) is 0.963. The Morgan fingerprint density at radius 2 is 2.09 bits per heavy atom. The second-order valence-corrected chi connectivity index (χ2v) is 9.68. The minimum atomic E-state index is -0.312. The van der Waals surface area contributed by atoms with E-state index in [1.807, 2.05) is 11.8 Å². The number of nitrogens with zero attached hydrogens (tertiary/aromatic N) is 5. The maximum absolute atomic E-state index is 13.0. The van der Waals surface area contributed by atoms with E-state index in [1.54, 1.807) is 24.5 Å². The normalized spacial score (nSPS) is 20.1. The number of aromatic nitrogens is 2. The minimum absolute atomic E-state index is 0.00840. The summed E-state index contributed by atoms with van der Waals surface area (Å²) in [5.41, 5.74) is 4.08. The molecule has 4 heterocycles. The van der Waals surface area contributed by atoms with Crippen LogP contribution in [0.5, 0.6) is 0 Å². The van der Waals surface area contributed by atoms with Crippen molar-refractivity contribution in [2.75, 3.05) is 24.5 Å². The Labute approximate surface area is 190 Å². The summed E-state index contributed by atoms with van der Waals surface area (Å²) in [7, 11) is 0. The predicted molar refractivity (Wildman–Crippen MR) is 123 cm³/mol. The highest BCUT2D eigenvalue weighted by atomic mass is 16.5. The zero-order valence-corrected chi connectivity index (χ0v) is 19.6. The van der Waals surface area contributed by atoms with E-state index in [4.69, 9.17) is 9.72 Å². The number of fused-ring (bicyclic) bond motifs is 1. The fourth-order valence-corrected chi connectivity index (χ4v) is 4.71. The molecule has 168 valence electrons. The van der Waals surface area contributed by atoms with Gasteiger partial charge >= 0.3 is 0 Å². The summed E-state index contributed by atoms with van der Waals surface area (Å²) in [6.45, 7) is 12.8. The molecule has 0 spiro atoms. The van der Waals surface area contributed by atoms with E-state index < -0.39 is 0 Å². The molecule has 0 bridgehead atoms. The fourth-order valence-electron chi connectivity index (χ4n) is 4.71. The summed E-state index contributed by atoms with van der Waals surface area (Å²) in [4.78, 5) is 26.1. The van der Waals surface area contributed by atoms with Gasteiger partial charge in [0.05, 0.1) is 29.0 Å². The van der Waals surface area contributed by atoms with Crippen molar-refractivity contribution >= 4 is 11.7 Å². The molecule has 2 aromatic rings. The lowest BCUT2D eigenvalue weighted by Crippen LogP contribution is -2.54. The first-order valence-corrected chi connectivity index (χ1v) is 11.3. The Kier molecular flexibility index (Phi) is 5.91. The van der Waals surface area contributed by atoms with Gasteiger partial charge in [0.25, 0.3) is 5.91 Å². The number of ether oxygens (including phenoxy) is 1. The number of carbonyl (C=O) groups is 1. The molecular formula is C25H31N5O2. The molecule has 2 aliphatic rings. The highest BCUT2D eigenvalue weighted by molar-refractivity contribution is 5.94. The lowest BCUT2D eigenvalue weighted by atomic mass is 9.86. The Morgan fingerprint density at radius 3 is 2.72 bits per heavy atom. The molecule has 0 aliphatic carbocycles. The third-order valence-corrected chi connectivity index (χ3v) is 6.39. The zero-order chi connectivity index (χ0) is 23.0. The van der Waals surface area contributed by atoms with Crippen LogP contribution in [0.1, 0.15) is 73.3 Å². The van der Waals surface area contributed by atoms with E-state index >= 15 is 0 Å². The summed E-state index contributed by atoms with van der Waals surface area (Å²) < 4.78 is 6.05. The van der Waals surface area contributed by atoms with Crippen molar-refractivity contribution in [3.63, 3.8) is 0 Å². The van der Waals surface area contributed by atoms with Crippen LogP contribution in [0, 0.1) is 11.3 Å². The Bertz CT molecular complexity index is 1060. The van der Waals surface area contributed by atoms with Crippen molar-refractivity contribution in [3.05, 3.63) is 52.5 Å². The van der Waals surface area contributed by atoms with Gasteiger partial charge in [-0.05, 0) is 44.4 Å². The van der Waals surface area contributed by atoms with Gasteiger partial charge in [-0.2, -0.15) is 5.26 Å². The standard InChI is InChI=1S/C25H31N5O2/c1-16(2)22-21-15-32-25(4,5)11-19(21)20(12-26)23(28-22)29-9-10-30(17(3)14-29)24(31)18-7-6-8-27-13-18/h6-8,13,16-17H,9-11,14-15H2,1-5H3. The van der Waals surface area contributed by atoms with Crippen molar-refractivity contribution in [2.45, 2.75) is 65.2 Å². The smallest absolute Gasteiger partial charge is 0.255 e. The average Bonchev–Trinajstić information content (AvgIpc) is 2.77. The maximum atomic E-state index is 13.0. The molecular weight excluding hydrogens is 402 g/mol. The first kappa shape index (κ1) is 22.2. The SMILES string of the molecule is CC(C)c1nc(N2CCN(C(=O)c3cccnc3)C(C)C2)c(C#N)c2c1COC(C)(C)C2. The van der Waals surface area contributed by atoms with Crippen LogP contribution in [-0.2, 0) is 17.8 Å². The minimum Gasteiger partial charge on any atom is -0.370 e. The molecule has 4 rings (SSSR count). The molecule has 1 unspecified atom stereocenters. The number of piperazine rings is 1. The molecule has 0 saturated carbocycles. The van der Waals surface area contributed by atoms with E-state index in [2.05, 4.69) is 43.6 Å². The van der Waals surface area contributed by atoms with Gasteiger partial charge in [-0.25, -0.2) is 4.98 Å². The molecule has 1 amide bonds. The number of carbonyl (C=O) groups excluding carboxylic acids is 1. The molecule has 1 saturated heterocycles. The van der Waals surface area contributed by atoms with Crippen LogP contribution in [0.3, 0.4) is 0 Å². The predicted octanol–water partition coefficient (Wildman–Crippen LogP) is 3.67. The van der Waals surface area contributed by atoms with E-state index in [0.29, 0.717) is 43.8 Å². The van der Waals surface area contributed by atoms with Crippen molar-refractivity contribution in [2.24, 2.45) is 0 Å². The van der Waals surface area contributed by atoms with Crippen LogP contribution < -0.4 is 4.90 Å². The van der Waals surface area contributed by atoms with Gasteiger partial charge in [-0.1, -0.05) is 13.8 Å². The van der Waals surface area contributed by atoms with Crippen LogP contribution in [-0.4, -0.2) is 52.1 Å². The van der Waals surface area contributed by atoms with Gasteiger partial charge in [-0.3, -0.25) is 9.78 Å². The van der Waals surface area contributed by atoms with Gasteiger partial charge in [0.15, 0.2) is 0 Å². The van der Waals surface area contributed by atoms with Crippen LogP contribution in [0.15, 0.2) is 24.5 Å². The fraction of sp³-hybridized carbons (Fsp3) is 0.520. The molecule has 2 aromatic heterocycles. The molecule has 2 aliphatic heterocycles. The topological polar surface area (TPSA) is 82.4 Å². The summed E-state index contributed by atoms with van der Waals surface area (Å²) in [5, 5.41) is 10.1. The third kappa shape index (κ3) is 4.07. The van der Waals surface area contributed by atoms with Crippen molar-refractivity contribution in [3.8, 4) is 6.07 Å². The average molecular weight is 434 g/mol.